The Labute approximate surface area is 84.3 Å². The number of aromatic hydroxyl groups is 1. The summed E-state index contributed by atoms with van der Waals surface area (Å²) in [4.78, 5) is 0. The van der Waals surface area contributed by atoms with Crippen LogP contribution < -0.4 is 0 Å². The number of methoxy groups -OCH3 is 1. The molecule has 0 saturated carbocycles. The van der Waals surface area contributed by atoms with Crippen LogP contribution in [-0.2, 0) is 16.1 Å². The van der Waals surface area contributed by atoms with Crippen molar-refractivity contribution in [2.75, 3.05) is 20.3 Å². The van der Waals surface area contributed by atoms with Crippen molar-refractivity contribution >= 4 is 0 Å². The number of ether oxygens (including phenoxy) is 2. The zero-order valence-corrected chi connectivity index (χ0v) is 8.62. The van der Waals surface area contributed by atoms with Crippen LogP contribution in [0.4, 0.5) is 0 Å². The third kappa shape index (κ3) is 3.36. The van der Waals surface area contributed by atoms with E-state index in [0.29, 0.717) is 25.6 Å². The van der Waals surface area contributed by atoms with Gasteiger partial charge in [-0.05, 0) is 24.1 Å². The molecular weight excluding hydrogens is 180 g/mol. The summed E-state index contributed by atoms with van der Waals surface area (Å²) in [6.07, 6.45) is 0. The van der Waals surface area contributed by atoms with Gasteiger partial charge in [-0.25, -0.2) is 0 Å². The predicted molar refractivity (Wildman–Crippen MR) is 54.4 cm³/mol. The zero-order chi connectivity index (χ0) is 10.4. The molecule has 0 aliphatic heterocycles. The van der Waals surface area contributed by atoms with Crippen molar-refractivity contribution in [3.63, 3.8) is 0 Å². The summed E-state index contributed by atoms with van der Waals surface area (Å²) in [5.74, 6) is 0.317. The summed E-state index contributed by atoms with van der Waals surface area (Å²) >= 11 is 0. The average Bonchev–Trinajstić information content (AvgIpc) is 2.18. The quantitative estimate of drug-likeness (QED) is 0.730. The van der Waals surface area contributed by atoms with E-state index in [-0.39, 0.29) is 0 Å². The number of aryl methyl sites for hydroxylation is 1. The predicted octanol–water partition coefficient (Wildman–Crippen LogP) is 1.86. The van der Waals surface area contributed by atoms with Crippen molar-refractivity contribution in [3.8, 4) is 5.75 Å². The molecule has 0 aliphatic rings. The first kappa shape index (κ1) is 11.0. The highest BCUT2D eigenvalue weighted by Crippen LogP contribution is 2.17. The molecular formula is C11H16O3. The summed E-state index contributed by atoms with van der Waals surface area (Å²) in [6.45, 7) is 3.55. The van der Waals surface area contributed by atoms with Gasteiger partial charge in [0, 0.05) is 7.11 Å². The van der Waals surface area contributed by atoms with Crippen molar-refractivity contribution in [3.05, 3.63) is 29.3 Å². The van der Waals surface area contributed by atoms with Crippen LogP contribution in [0.25, 0.3) is 0 Å². The highest BCUT2D eigenvalue weighted by atomic mass is 16.5. The summed E-state index contributed by atoms with van der Waals surface area (Å²) in [6, 6.07) is 5.55. The molecule has 1 aromatic rings. The molecule has 0 bridgehead atoms. The van der Waals surface area contributed by atoms with Gasteiger partial charge in [0.05, 0.1) is 19.8 Å². The summed E-state index contributed by atoms with van der Waals surface area (Å²) in [5, 5.41) is 9.42. The third-order valence-electron chi connectivity index (χ3n) is 1.97. The van der Waals surface area contributed by atoms with E-state index in [9.17, 15) is 5.11 Å². The van der Waals surface area contributed by atoms with Gasteiger partial charge in [0.1, 0.15) is 5.75 Å². The van der Waals surface area contributed by atoms with Crippen LogP contribution >= 0.6 is 0 Å². The Morgan fingerprint density at radius 2 is 2.07 bits per heavy atom. The van der Waals surface area contributed by atoms with E-state index in [1.807, 2.05) is 19.1 Å². The fraction of sp³-hybridized carbons (Fsp3) is 0.455. The fourth-order valence-corrected chi connectivity index (χ4v) is 1.08. The molecule has 1 rings (SSSR count). The van der Waals surface area contributed by atoms with Crippen LogP contribution in [0.3, 0.4) is 0 Å². The van der Waals surface area contributed by atoms with Crippen LogP contribution in [-0.4, -0.2) is 25.4 Å². The Balaban J connectivity index is 2.39. The number of phenolic OH excluding ortho intramolecular Hbond substituents is 1. The minimum Gasteiger partial charge on any atom is -0.508 e. The number of hydrogen-bond acceptors (Lipinski definition) is 3. The first-order chi connectivity index (χ1) is 6.74. The first-order valence-electron chi connectivity index (χ1n) is 4.59. The second-order valence-corrected chi connectivity index (χ2v) is 3.17. The topological polar surface area (TPSA) is 38.7 Å². The van der Waals surface area contributed by atoms with Gasteiger partial charge in [-0.3, -0.25) is 0 Å². The number of rotatable bonds is 5. The molecule has 1 N–H and O–H groups in total. The van der Waals surface area contributed by atoms with Crippen molar-refractivity contribution in [1.82, 2.24) is 0 Å². The molecule has 0 aliphatic carbocycles. The maximum atomic E-state index is 9.42. The molecule has 0 saturated heterocycles. The fourth-order valence-electron chi connectivity index (χ4n) is 1.08. The number of phenols is 1. The van der Waals surface area contributed by atoms with E-state index in [0.717, 1.165) is 11.1 Å². The van der Waals surface area contributed by atoms with E-state index in [4.69, 9.17) is 9.47 Å². The maximum Gasteiger partial charge on any atom is 0.118 e. The minimum absolute atomic E-state index is 0.317. The Hall–Kier alpha value is -1.06. The molecule has 78 valence electrons. The van der Waals surface area contributed by atoms with E-state index in [1.165, 1.54) is 0 Å². The van der Waals surface area contributed by atoms with E-state index >= 15 is 0 Å². The smallest absolute Gasteiger partial charge is 0.118 e. The monoisotopic (exact) mass is 196 g/mol. The van der Waals surface area contributed by atoms with Gasteiger partial charge in [0.25, 0.3) is 0 Å². The SMILES string of the molecule is COCCOCc1ccc(C)c(O)c1. The number of hydrogen-bond donors (Lipinski definition) is 1. The summed E-state index contributed by atoms with van der Waals surface area (Å²) in [7, 11) is 1.64. The molecule has 3 heteroatoms. The summed E-state index contributed by atoms with van der Waals surface area (Å²) < 4.78 is 10.2. The van der Waals surface area contributed by atoms with Crippen LogP contribution in [0.15, 0.2) is 18.2 Å². The molecule has 0 amide bonds. The van der Waals surface area contributed by atoms with Crippen LogP contribution in [0.5, 0.6) is 5.75 Å². The Morgan fingerprint density at radius 1 is 1.29 bits per heavy atom. The van der Waals surface area contributed by atoms with Crippen molar-refractivity contribution < 1.29 is 14.6 Å². The van der Waals surface area contributed by atoms with Gasteiger partial charge in [-0.2, -0.15) is 0 Å². The molecule has 0 heterocycles. The summed E-state index contributed by atoms with van der Waals surface area (Å²) in [5.41, 5.74) is 1.86. The molecule has 0 aromatic heterocycles. The lowest BCUT2D eigenvalue weighted by Gasteiger charge is -2.05. The van der Waals surface area contributed by atoms with Gasteiger partial charge in [-0.1, -0.05) is 12.1 Å². The van der Waals surface area contributed by atoms with Crippen LogP contribution in [0.2, 0.25) is 0 Å². The lowest BCUT2D eigenvalue weighted by Crippen LogP contribution is -2.01. The first-order valence-corrected chi connectivity index (χ1v) is 4.59. The largest absolute Gasteiger partial charge is 0.508 e. The molecule has 0 spiro atoms. The minimum atomic E-state index is 0.317. The Morgan fingerprint density at radius 3 is 2.71 bits per heavy atom. The van der Waals surface area contributed by atoms with Gasteiger partial charge < -0.3 is 14.6 Å². The average molecular weight is 196 g/mol. The molecule has 0 atom stereocenters. The second-order valence-electron chi connectivity index (χ2n) is 3.17. The highest BCUT2D eigenvalue weighted by molar-refractivity contribution is 5.34. The molecule has 0 radical (unpaired) electrons. The van der Waals surface area contributed by atoms with Gasteiger partial charge in [0.15, 0.2) is 0 Å². The van der Waals surface area contributed by atoms with Crippen LogP contribution in [0.1, 0.15) is 11.1 Å². The standard InChI is InChI=1S/C11H16O3/c1-9-3-4-10(7-11(9)12)8-14-6-5-13-2/h3-4,7,12H,5-6,8H2,1-2H3. The van der Waals surface area contributed by atoms with E-state index in [2.05, 4.69) is 0 Å². The highest BCUT2D eigenvalue weighted by Gasteiger charge is 1.98. The zero-order valence-electron chi connectivity index (χ0n) is 8.62. The van der Waals surface area contributed by atoms with Crippen molar-refractivity contribution in [1.29, 1.82) is 0 Å². The van der Waals surface area contributed by atoms with Crippen molar-refractivity contribution in [2.24, 2.45) is 0 Å². The Bertz CT molecular complexity index is 284. The van der Waals surface area contributed by atoms with Gasteiger partial charge in [-0.15, -0.1) is 0 Å². The van der Waals surface area contributed by atoms with Gasteiger partial charge in [0.2, 0.25) is 0 Å². The molecule has 0 unspecified atom stereocenters. The Kier molecular flexibility index (Phi) is 4.43. The molecule has 3 nitrogen and oxygen atoms in total. The van der Waals surface area contributed by atoms with E-state index in [1.54, 1.807) is 13.2 Å². The van der Waals surface area contributed by atoms with Gasteiger partial charge >= 0.3 is 0 Å². The molecule has 1 aromatic carbocycles. The second kappa shape index (κ2) is 5.62. The molecule has 0 fully saturated rings. The lowest BCUT2D eigenvalue weighted by molar-refractivity contribution is 0.0616. The van der Waals surface area contributed by atoms with Crippen molar-refractivity contribution in [2.45, 2.75) is 13.5 Å². The third-order valence-corrected chi connectivity index (χ3v) is 1.97. The normalized spacial score (nSPS) is 10.4. The maximum absolute atomic E-state index is 9.42. The van der Waals surface area contributed by atoms with Crippen LogP contribution in [0, 0.1) is 6.92 Å². The van der Waals surface area contributed by atoms with E-state index < -0.39 is 0 Å². The number of benzene rings is 1. The molecule has 14 heavy (non-hydrogen) atoms. The lowest BCUT2D eigenvalue weighted by atomic mass is 10.1.